The lowest BCUT2D eigenvalue weighted by atomic mass is 10.1. The van der Waals surface area contributed by atoms with E-state index in [1.54, 1.807) is 6.07 Å². The SMILES string of the molecule is CCCNC(=O)CNC(=O)Cc1ccccc1[N+](=O)[O-]. The van der Waals surface area contributed by atoms with Crippen LogP contribution in [0.5, 0.6) is 0 Å². The van der Waals surface area contributed by atoms with Gasteiger partial charge in [-0.1, -0.05) is 25.1 Å². The molecule has 20 heavy (non-hydrogen) atoms. The number of nitrogens with zero attached hydrogens (tertiary/aromatic N) is 1. The van der Waals surface area contributed by atoms with Gasteiger partial charge < -0.3 is 10.6 Å². The monoisotopic (exact) mass is 279 g/mol. The van der Waals surface area contributed by atoms with Gasteiger partial charge in [-0.25, -0.2) is 0 Å². The number of carbonyl (C=O) groups excluding carboxylic acids is 2. The molecule has 0 aliphatic heterocycles. The molecule has 1 aromatic rings. The summed E-state index contributed by atoms with van der Waals surface area (Å²) < 4.78 is 0. The van der Waals surface area contributed by atoms with Crippen LogP contribution in [-0.2, 0) is 16.0 Å². The Morgan fingerprint density at radius 1 is 1.20 bits per heavy atom. The van der Waals surface area contributed by atoms with E-state index in [1.165, 1.54) is 18.2 Å². The predicted octanol–water partition coefficient (Wildman–Crippen LogP) is 0.780. The summed E-state index contributed by atoms with van der Waals surface area (Å²) in [5, 5.41) is 15.8. The highest BCUT2D eigenvalue weighted by molar-refractivity contribution is 5.86. The van der Waals surface area contributed by atoms with Crippen molar-refractivity contribution in [2.24, 2.45) is 0 Å². The van der Waals surface area contributed by atoms with E-state index in [2.05, 4.69) is 10.6 Å². The molecule has 0 unspecified atom stereocenters. The molecule has 7 heteroatoms. The number of benzene rings is 1. The molecule has 7 nitrogen and oxygen atoms in total. The first-order valence-corrected chi connectivity index (χ1v) is 6.30. The molecule has 0 radical (unpaired) electrons. The van der Waals surface area contributed by atoms with E-state index in [0.717, 1.165) is 6.42 Å². The number of rotatable bonds is 7. The highest BCUT2D eigenvalue weighted by Gasteiger charge is 2.15. The van der Waals surface area contributed by atoms with Crippen molar-refractivity contribution in [1.82, 2.24) is 10.6 Å². The van der Waals surface area contributed by atoms with Gasteiger partial charge >= 0.3 is 0 Å². The molecule has 1 rings (SSSR count). The first kappa shape index (κ1) is 15.6. The third-order valence-corrected chi connectivity index (χ3v) is 2.56. The van der Waals surface area contributed by atoms with Gasteiger partial charge in [0.2, 0.25) is 11.8 Å². The van der Waals surface area contributed by atoms with E-state index in [0.29, 0.717) is 12.1 Å². The van der Waals surface area contributed by atoms with Gasteiger partial charge in [0.1, 0.15) is 0 Å². The summed E-state index contributed by atoms with van der Waals surface area (Å²) in [6.07, 6.45) is 0.689. The summed E-state index contributed by atoms with van der Waals surface area (Å²) in [5.41, 5.74) is 0.224. The van der Waals surface area contributed by atoms with Crippen molar-refractivity contribution in [3.63, 3.8) is 0 Å². The number of para-hydroxylation sites is 1. The van der Waals surface area contributed by atoms with Crippen LogP contribution in [0.3, 0.4) is 0 Å². The molecule has 0 aliphatic rings. The average molecular weight is 279 g/mol. The smallest absolute Gasteiger partial charge is 0.273 e. The van der Waals surface area contributed by atoms with E-state index in [4.69, 9.17) is 0 Å². The first-order valence-electron chi connectivity index (χ1n) is 6.30. The van der Waals surface area contributed by atoms with Crippen molar-refractivity contribution in [2.45, 2.75) is 19.8 Å². The van der Waals surface area contributed by atoms with Gasteiger partial charge in [-0.15, -0.1) is 0 Å². The van der Waals surface area contributed by atoms with E-state index in [1.807, 2.05) is 6.92 Å². The number of nitrogens with one attached hydrogen (secondary N) is 2. The Labute approximate surface area is 116 Å². The fourth-order valence-electron chi connectivity index (χ4n) is 1.58. The van der Waals surface area contributed by atoms with Crippen LogP contribution in [0.2, 0.25) is 0 Å². The van der Waals surface area contributed by atoms with Gasteiger partial charge in [-0.2, -0.15) is 0 Å². The van der Waals surface area contributed by atoms with Gasteiger partial charge in [0, 0.05) is 18.2 Å². The molecule has 108 valence electrons. The van der Waals surface area contributed by atoms with Crippen LogP contribution in [0.4, 0.5) is 5.69 Å². The van der Waals surface area contributed by atoms with Gasteiger partial charge in [-0.3, -0.25) is 19.7 Å². The topological polar surface area (TPSA) is 101 Å². The lowest BCUT2D eigenvalue weighted by Crippen LogP contribution is -2.37. The Bertz CT molecular complexity index is 502. The van der Waals surface area contributed by atoms with Crippen LogP contribution in [0.25, 0.3) is 0 Å². The van der Waals surface area contributed by atoms with Crippen LogP contribution in [-0.4, -0.2) is 29.8 Å². The van der Waals surface area contributed by atoms with Crippen molar-refractivity contribution >= 4 is 17.5 Å². The number of hydrogen-bond donors (Lipinski definition) is 2. The van der Waals surface area contributed by atoms with Crippen molar-refractivity contribution < 1.29 is 14.5 Å². The minimum atomic E-state index is -0.531. The third-order valence-electron chi connectivity index (χ3n) is 2.56. The Morgan fingerprint density at radius 3 is 2.55 bits per heavy atom. The minimum Gasteiger partial charge on any atom is -0.355 e. The van der Waals surface area contributed by atoms with E-state index < -0.39 is 10.8 Å². The first-order chi connectivity index (χ1) is 9.54. The second-order valence-corrected chi connectivity index (χ2v) is 4.19. The van der Waals surface area contributed by atoms with Gasteiger partial charge in [0.05, 0.1) is 17.9 Å². The molecule has 2 N–H and O–H groups in total. The van der Waals surface area contributed by atoms with Gasteiger partial charge in [0.25, 0.3) is 5.69 Å². The zero-order chi connectivity index (χ0) is 15.0. The predicted molar refractivity (Wildman–Crippen MR) is 73.1 cm³/mol. The molecule has 0 atom stereocenters. The summed E-state index contributed by atoms with van der Waals surface area (Å²) in [6, 6.07) is 6.03. The van der Waals surface area contributed by atoms with E-state index >= 15 is 0 Å². The second-order valence-electron chi connectivity index (χ2n) is 4.19. The van der Waals surface area contributed by atoms with Crippen LogP contribution in [0, 0.1) is 10.1 Å². The van der Waals surface area contributed by atoms with Crippen LogP contribution >= 0.6 is 0 Å². The van der Waals surface area contributed by atoms with Crippen LogP contribution in [0.15, 0.2) is 24.3 Å². The molecule has 0 saturated heterocycles. The van der Waals surface area contributed by atoms with Crippen LogP contribution < -0.4 is 10.6 Å². The zero-order valence-electron chi connectivity index (χ0n) is 11.2. The fraction of sp³-hybridized carbons (Fsp3) is 0.385. The molecule has 1 aromatic carbocycles. The lowest BCUT2D eigenvalue weighted by molar-refractivity contribution is -0.385. The Morgan fingerprint density at radius 2 is 1.90 bits per heavy atom. The molecule has 0 heterocycles. The second kappa shape index (κ2) is 7.88. The van der Waals surface area contributed by atoms with Gasteiger partial charge in [-0.05, 0) is 6.42 Å². The summed E-state index contributed by atoms with van der Waals surface area (Å²) in [5.74, 6) is -0.700. The van der Waals surface area contributed by atoms with Crippen molar-refractivity contribution in [3.8, 4) is 0 Å². The quantitative estimate of drug-likeness (QED) is 0.568. The van der Waals surface area contributed by atoms with Crippen molar-refractivity contribution in [3.05, 3.63) is 39.9 Å². The van der Waals surface area contributed by atoms with Crippen LogP contribution in [0.1, 0.15) is 18.9 Å². The molecule has 0 aromatic heterocycles. The number of nitro benzene ring substituents is 1. The average Bonchev–Trinajstić information content (AvgIpc) is 2.43. The Balaban J connectivity index is 2.51. The minimum absolute atomic E-state index is 0.0990. The largest absolute Gasteiger partial charge is 0.355 e. The Hall–Kier alpha value is -2.44. The zero-order valence-corrected chi connectivity index (χ0v) is 11.2. The summed E-state index contributed by atoms with van der Waals surface area (Å²) in [6.45, 7) is 2.35. The number of hydrogen-bond acceptors (Lipinski definition) is 4. The maximum absolute atomic E-state index is 11.7. The third kappa shape index (κ3) is 5.05. The normalized spacial score (nSPS) is 9.85. The Kier molecular flexibility index (Phi) is 6.15. The molecule has 0 fully saturated rings. The highest BCUT2D eigenvalue weighted by Crippen LogP contribution is 2.17. The lowest BCUT2D eigenvalue weighted by Gasteiger charge is -2.06. The van der Waals surface area contributed by atoms with E-state index in [-0.39, 0.29) is 24.6 Å². The molecular formula is C13H17N3O4. The number of nitro groups is 1. The molecular weight excluding hydrogens is 262 g/mol. The summed E-state index contributed by atoms with van der Waals surface area (Å²) in [7, 11) is 0. The van der Waals surface area contributed by atoms with E-state index in [9.17, 15) is 19.7 Å². The number of amides is 2. The maximum Gasteiger partial charge on any atom is 0.273 e. The van der Waals surface area contributed by atoms with Gasteiger partial charge in [0.15, 0.2) is 0 Å². The molecule has 0 saturated carbocycles. The molecule has 0 bridgehead atoms. The molecule has 2 amide bonds. The van der Waals surface area contributed by atoms with Crippen molar-refractivity contribution in [2.75, 3.05) is 13.1 Å². The highest BCUT2D eigenvalue weighted by atomic mass is 16.6. The molecule has 0 aliphatic carbocycles. The summed E-state index contributed by atoms with van der Waals surface area (Å²) >= 11 is 0. The molecule has 0 spiro atoms. The summed E-state index contributed by atoms with van der Waals surface area (Å²) in [4.78, 5) is 33.2. The number of carbonyl (C=O) groups is 2. The fourth-order valence-corrected chi connectivity index (χ4v) is 1.58. The standard InChI is InChI=1S/C13H17N3O4/c1-2-7-14-13(18)9-15-12(17)8-10-5-3-4-6-11(10)16(19)20/h3-6H,2,7-9H2,1H3,(H,14,18)(H,15,17). The van der Waals surface area contributed by atoms with Crippen molar-refractivity contribution in [1.29, 1.82) is 0 Å². The maximum atomic E-state index is 11.7.